The van der Waals surface area contributed by atoms with Crippen molar-refractivity contribution in [2.24, 2.45) is 0 Å². The maximum absolute atomic E-state index is 12.2. The summed E-state index contributed by atoms with van der Waals surface area (Å²) in [5.74, 6) is 0.632. The number of ketones is 1. The summed E-state index contributed by atoms with van der Waals surface area (Å²) in [7, 11) is 0. The summed E-state index contributed by atoms with van der Waals surface area (Å²) in [6, 6.07) is 12.8. The Morgan fingerprint density at radius 3 is 2.84 bits per heavy atom. The number of rotatable bonds is 3. The highest BCUT2D eigenvalue weighted by molar-refractivity contribution is 5.99. The van der Waals surface area contributed by atoms with Gasteiger partial charge in [-0.25, -0.2) is 4.98 Å². The van der Waals surface area contributed by atoms with Crippen LogP contribution < -0.4 is 5.73 Å². The quantitative estimate of drug-likeness (QED) is 0.728. The van der Waals surface area contributed by atoms with Crippen molar-refractivity contribution in [3.63, 3.8) is 0 Å². The molecule has 0 fully saturated rings. The second kappa shape index (κ2) is 4.57. The Morgan fingerprint density at radius 1 is 1.21 bits per heavy atom. The molecule has 0 aliphatic carbocycles. The maximum atomic E-state index is 12.2. The summed E-state index contributed by atoms with van der Waals surface area (Å²) in [6.07, 6.45) is 1.80. The standard InChI is InChI=1S/C15H12N2O2/c16-15-11(5-3-7-17-15)8-12(18)14-9-10-4-1-2-6-13(10)19-14/h1-7,9H,8H2,(H2,16,17). The molecule has 2 N–H and O–H groups in total. The van der Waals surface area contributed by atoms with Gasteiger partial charge in [0.1, 0.15) is 11.4 Å². The van der Waals surface area contributed by atoms with E-state index in [2.05, 4.69) is 4.98 Å². The molecule has 0 amide bonds. The third-order valence-electron chi connectivity index (χ3n) is 2.98. The van der Waals surface area contributed by atoms with Gasteiger partial charge in [-0.3, -0.25) is 4.79 Å². The number of nitrogen functional groups attached to an aromatic ring is 1. The third-order valence-corrected chi connectivity index (χ3v) is 2.98. The largest absolute Gasteiger partial charge is 0.453 e. The van der Waals surface area contributed by atoms with E-state index < -0.39 is 0 Å². The summed E-state index contributed by atoms with van der Waals surface area (Å²) in [5.41, 5.74) is 7.16. The van der Waals surface area contributed by atoms with Crippen molar-refractivity contribution in [1.82, 2.24) is 4.98 Å². The van der Waals surface area contributed by atoms with E-state index in [0.717, 1.165) is 5.39 Å². The van der Waals surface area contributed by atoms with Gasteiger partial charge in [0.05, 0.1) is 0 Å². The van der Waals surface area contributed by atoms with E-state index in [4.69, 9.17) is 10.2 Å². The summed E-state index contributed by atoms with van der Waals surface area (Å²) in [4.78, 5) is 16.1. The minimum Gasteiger partial charge on any atom is -0.453 e. The lowest BCUT2D eigenvalue weighted by Gasteiger charge is -2.01. The number of carbonyl (C=O) groups is 1. The zero-order valence-electron chi connectivity index (χ0n) is 10.2. The van der Waals surface area contributed by atoms with Gasteiger partial charge >= 0.3 is 0 Å². The van der Waals surface area contributed by atoms with Crippen molar-refractivity contribution in [1.29, 1.82) is 0 Å². The van der Waals surface area contributed by atoms with Crippen LogP contribution in [0.15, 0.2) is 53.1 Å². The van der Waals surface area contributed by atoms with Gasteiger partial charge < -0.3 is 10.2 Å². The molecule has 94 valence electrons. The fraction of sp³-hybridized carbons (Fsp3) is 0.0667. The van der Waals surface area contributed by atoms with Crippen LogP contribution in [0.4, 0.5) is 5.82 Å². The first-order chi connectivity index (χ1) is 9.24. The highest BCUT2D eigenvalue weighted by atomic mass is 16.3. The molecule has 2 heterocycles. The van der Waals surface area contributed by atoms with Gasteiger partial charge in [0.15, 0.2) is 5.76 Å². The topological polar surface area (TPSA) is 69.1 Å². The molecule has 19 heavy (non-hydrogen) atoms. The Kier molecular flexibility index (Phi) is 2.76. The highest BCUT2D eigenvalue weighted by Crippen LogP contribution is 2.20. The van der Waals surface area contributed by atoms with Crippen LogP contribution in [-0.2, 0) is 6.42 Å². The lowest BCUT2D eigenvalue weighted by molar-refractivity contribution is 0.0968. The van der Waals surface area contributed by atoms with E-state index >= 15 is 0 Å². The minimum atomic E-state index is -0.101. The molecule has 4 nitrogen and oxygen atoms in total. The normalized spacial score (nSPS) is 10.7. The van der Waals surface area contributed by atoms with Gasteiger partial charge in [0.2, 0.25) is 5.78 Å². The predicted molar refractivity (Wildman–Crippen MR) is 72.9 cm³/mol. The van der Waals surface area contributed by atoms with Crippen molar-refractivity contribution in [3.05, 3.63) is 60.0 Å². The fourth-order valence-electron chi connectivity index (χ4n) is 1.98. The number of hydrogen-bond acceptors (Lipinski definition) is 4. The SMILES string of the molecule is Nc1ncccc1CC(=O)c1cc2ccccc2o1. The smallest absolute Gasteiger partial charge is 0.202 e. The molecule has 0 radical (unpaired) electrons. The number of hydrogen-bond donors (Lipinski definition) is 1. The molecule has 0 aliphatic rings. The molecular formula is C15H12N2O2. The molecule has 0 aliphatic heterocycles. The fourth-order valence-corrected chi connectivity index (χ4v) is 1.98. The van der Waals surface area contributed by atoms with Crippen molar-refractivity contribution in [3.8, 4) is 0 Å². The highest BCUT2D eigenvalue weighted by Gasteiger charge is 2.14. The third kappa shape index (κ3) is 2.20. The molecule has 3 aromatic rings. The van der Waals surface area contributed by atoms with E-state index in [1.165, 1.54) is 0 Å². The maximum Gasteiger partial charge on any atom is 0.202 e. The predicted octanol–water partition coefficient (Wildman–Crippen LogP) is 2.84. The lowest BCUT2D eigenvalue weighted by Crippen LogP contribution is -2.05. The number of benzene rings is 1. The van der Waals surface area contributed by atoms with Crippen LogP contribution in [-0.4, -0.2) is 10.8 Å². The van der Waals surface area contributed by atoms with Gasteiger partial charge in [-0.05, 0) is 18.2 Å². The lowest BCUT2D eigenvalue weighted by atomic mass is 10.1. The van der Waals surface area contributed by atoms with Gasteiger partial charge in [-0.15, -0.1) is 0 Å². The van der Waals surface area contributed by atoms with E-state index in [1.807, 2.05) is 24.3 Å². The Hall–Kier alpha value is -2.62. The molecule has 3 rings (SSSR count). The first-order valence-electron chi connectivity index (χ1n) is 5.95. The molecule has 0 unspecified atom stereocenters. The molecule has 0 atom stereocenters. The molecule has 0 saturated heterocycles. The number of fused-ring (bicyclic) bond motifs is 1. The monoisotopic (exact) mass is 252 g/mol. The van der Waals surface area contributed by atoms with E-state index in [9.17, 15) is 4.79 Å². The summed E-state index contributed by atoms with van der Waals surface area (Å²) in [6.45, 7) is 0. The van der Waals surface area contributed by atoms with Gasteiger partial charge in [-0.1, -0.05) is 24.3 Å². The van der Waals surface area contributed by atoms with Gasteiger partial charge in [0.25, 0.3) is 0 Å². The number of para-hydroxylation sites is 1. The summed E-state index contributed by atoms with van der Waals surface area (Å²) >= 11 is 0. The second-order valence-corrected chi connectivity index (χ2v) is 4.30. The number of anilines is 1. The Labute approximate surface area is 109 Å². The number of aromatic nitrogens is 1. The van der Waals surface area contributed by atoms with Crippen LogP contribution >= 0.6 is 0 Å². The first-order valence-corrected chi connectivity index (χ1v) is 5.95. The van der Waals surface area contributed by atoms with Crippen molar-refractivity contribution in [2.75, 3.05) is 5.73 Å². The Morgan fingerprint density at radius 2 is 2.05 bits per heavy atom. The molecule has 1 aromatic carbocycles. The minimum absolute atomic E-state index is 0.101. The average molecular weight is 252 g/mol. The van der Waals surface area contributed by atoms with Gasteiger partial charge in [-0.2, -0.15) is 0 Å². The molecule has 0 spiro atoms. The van der Waals surface area contributed by atoms with Crippen LogP contribution in [0.25, 0.3) is 11.0 Å². The molecular weight excluding hydrogens is 240 g/mol. The molecule has 0 bridgehead atoms. The van der Waals surface area contributed by atoms with Crippen molar-refractivity contribution in [2.45, 2.75) is 6.42 Å². The molecule has 0 saturated carbocycles. The van der Waals surface area contributed by atoms with Crippen molar-refractivity contribution >= 4 is 22.6 Å². The van der Waals surface area contributed by atoms with Crippen molar-refractivity contribution < 1.29 is 9.21 Å². The number of nitrogens with two attached hydrogens (primary N) is 1. The van der Waals surface area contributed by atoms with Crippen LogP contribution in [0, 0.1) is 0 Å². The molecule has 2 aromatic heterocycles. The summed E-state index contributed by atoms with van der Waals surface area (Å²) < 4.78 is 5.53. The number of furan rings is 1. The van der Waals surface area contributed by atoms with Crippen LogP contribution in [0.2, 0.25) is 0 Å². The zero-order valence-corrected chi connectivity index (χ0v) is 10.2. The molecule has 4 heteroatoms. The number of nitrogens with zero attached hydrogens (tertiary/aromatic N) is 1. The summed E-state index contributed by atoms with van der Waals surface area (Å²) in [5, 5.41) is 0.921. The Bertz CT molecular complexity index is 713. The second-order valence-electron chi connectivity index (χ2n) is 4.30. The number of Topliss-reactive ketones (excluding diaryl/α,β-unsaturated/α-hetero) is 1. The van der Waals surface area contributed by atoms with E-state index in [0.29, 0.717) is 22.7 Å². The number of carbonyl (C=O) groups excluding carboxylic acids is 1. The first kappa shape index (κ1) is 11.5. The number of pyridine rings is 1. The van der Waals surface area contributed by atoms with Crippen LogP contribution in [0.3, 0.4) is 0 Å². The average Bonchev–Trinajstić information content (AvgIpc) is 2.85. The zero-order chi connectivity index (χ0) is 13.2. The van der Waals surface area contributed by atoms with E-state index in [1.54, 1.807) is 24.4 Å². The van der Waals surface area contributed by atoms with E-state index in [-0.39, 0.29) is 12.2 Å². The van der Waals surface area contributed by atoms with Gasteiger partial charge in [0, 0.05) is 23.6 Å². The Balaban J connectivity index is 1.90. The van der Waals surface area contributed by atoms with Crippen LogP contribution in [0.5, 0.6) is 0 Å². The van der Waals surface area contributed by atoms with Crippen LogP contribution in [0.1, 0.15) is 16.1 Å².